The lowest BCUT2D eigenvalue weighted by Crippen LogP contribution is -2.00. The third kappa shape index (κ3) is 9.22. The van der Waals surface area contributed by atoms with Gasteiger partial charge in [0.25, 0.3) is 0 Å². The van der Waals surface area contributed by atoms with Crippen molar-refractivity contribution in [3.8, 4) is 5.75 Å². The third-order valence-electron chi connectivity index (χ3n) is 3.60. The summed E-state index contributed by atoms with van der Waals surface area (Å²) in [5.74, 6) is 0.0109. The van der Waals surface area contributed by atoms with Crippen LogP contribution in [0.4, 0.5) is 0 Å². The van der Waals surface area contributed by atoms with E-state index in [9.17, 15) is 4.79 Å². The summed E-state index contributed by atoms with van der Waals surface area (Å²) in [5.41, 5.74) is 0.802. The smallest absolute Gasteiger partial charge is 0.307 e. The molecule has 1 aromatic carbocycles. The molecule has 1 rings (SSSR count). The molecule has 0 aliphatic carbocycles. The summed E-state index contributed by atoms with van der Waals surface area (Å²) in [6.45, 7) is 4.46. The summed E-state index contributed by atoms with van der Waals surface area (Å²) in [6.07, 6.45) is 11.9. The van der Waals surface area contributed by atoms with Gasteiger partial charge in [-0.05, 0) is 37.0 Å². The normalized spacial score (nSPS) is 10.4. The van der Waals surface area contributed by atoms with E-state index in [2.05, 4.69) is 6.58 Å². The lowest BCUT2D eigenvalue weighted by atomic mass is 10.1. The molecule has 3 heteroatoms. The monoisotopic (exact) mass is 304 g/mol. The number of carbonyl (C=O) groups is 1. The van der Waals surface area contributed by atoms with Crippen molar-refractivity contribution in [3.05, 3.63) is 42.5 Å². The van der Waals surface area contributed by atoms with Gasteiger partial charge in [0.2, 0.25) is 0 Å². The molecule has 0 heterocycles. The van der Waals surface area contributed by atoms with E-state index in [0.29, 0.717) is 0 Å². The van der Waals surface area contributed by atoms with Crippen LogP contribution < -0.4 is 4.74 Å². The van der Waals surface area contributed by atoms with Crippen molar-refractivity contribution in [1.82, 2.24) is 0 Å². The van der Waals surface area contributed by atoms with Crippen molar-refractivity contribution in [3.63, 3.8) is 0 Å². The van der Waals surface area contributed by atoms with Gasteiger partial charge in [-0.25, -0.2) is 0 Å². The number of hydrogen-bond acceptors (Lipinski definition) is 2. The van der Waals surface area contributed by atoms with Crippen molar-refractivity contribution < 1.29 is 14.6 Å². The first kappa shape index (κ1) is 18.3. The van der Waals surface area contributed by atoms with E-state index in [1.165, 1.54) is 38.5 Å². The Kier molecular flexibility index (Phi) is 9.84. The van der Waals surface area contributed by atoms with E-state index in [-0.39, 0.29) is 6.42 Å². The van der Waals surface area contributed by atoms with Crippen LogP contribution in [0.15, 0.2) is 36.9 Å². The van der Waals surface area contributed by atoms with Crippen molar-refractivity contribution in [1.29, 1.82) is 0 Å². The Morgan fingerprint density at radius 3 is 2.18 bits per heavy atom. The second-order valence-corrected chi connectivity index (χ2v) is 5.62. The average Bonchev–Trinajstić information content (AvgIpc) is 2.50. The fourth-order valence-electron chi connectivity index (χ4n) is 2.34. The van der Waals surface area contributed by atoms with Crippen molar-refractivity contribution >= 4 is 5.97 Å². The number of benzene rings is 1. The summed E-state index contributed by atoms with van der Waals surface area (Å²) in [4.78, 5) is 10.6. The van der Waals surface area contributed by atoms with E-state index < -0.39 is 5.97 Å². The summed E-state index contributed by atoms with van der Waals surface area (Å²) in [5, 5.41) is 8.71. The Morgan fingerprint density at radius 1 is 1.00 bits per heavy atom. The highest BCUT2D eigenvalue weighted by Gasteiger charge is 2.00. The molecule has 0 amide bonds. The predicted octanol–water partition coefficient (Wildman–Crippen LogP) is 5.00. The number of carboxylic acid groups (broad SMARTS) is 1. The molecule has 0 aliphatic rings. The van der Waals surface area contributed by atoms with Gasteiger partial charge in [0.05, 0.1) is 13.0 Å². The second-order valence-electron chi connectivity index (χ2n) is 5.62. The van der Waals surface area contributed by atoms with Gasteiger partial charge in [-0.3, -0.25) is 4.79 Å². The van der Waals surface area contributed by atoms with Crippen LogP contribution in [0.3, 0.4) is 0 Å². The van der Waals surface area contributed by atoms with Crippen LogP contribution in [0.25, 0.3) is 0 Å². The first-order valence-corrected chi connectivity index (χ1v) is 8.27. The van der Waals surface area contributed by atoms with Gasteiger partial charge in [-0.1, -0.05) is 50.3 Å². The van der Waals surface area contributed by atoms with E-state index in [4.69, 9.17) is 9.84 Å². The first-order chi connectivity index (χ1) is 10.7. The Balaban J connectivity index is 2.00. The van der Waals surface area contributed by atoms with Crippen LogP contribution in [0.5, 0.6) is 5.75 Å². The van der Waals surface area contributed by atoms with Crippen LogP contribution in [0.2, 0.25) is 0 Å². The number of allylic oxidation sites excluding steroid dienone is 1. The quantitative estimate of drug-likeness (QED) is 0.412. The lowest BCUT2D eigenvalue weighted by Gasteiger charge is -2.07. The molecule has 122 valence electrons. The van der Waals surface area contributed by atoms with E-state index in [1.54, 1.807) is 0 Å². The van der Waals surface area contributed by atoms with Crippen LogP contribution in [0, 0.1) is 0 Å². The molecule has 0 saturated carbocycles. The molecular formula is C19H28O3. The fourth-order valence-corrected chi connectivity index (χ4v) is 2.34. The molecule has 0 spiro atoms. The average molecular weight is 304 g/mol. The van der Waals surface area contributed by atoms with Gasteiger partial charge in [0.15, 0.2) is 0 Å². The summed E-state index contributed by atoms with van der Waals surface area (Å²) >= 11 is 0. The van der Waals surface area contributed by atoms with Crippen LogP contribution >= 0.6 is 0 Å². The Labute approximate surface area is 134 Å². The minimum Gasteiger partial charge on any atom is -0.494 e. The molecule has 0 bridgehead atoms. The lowest BCUT2D eigenvalue weighted by molar-refractivity contribution is -0.136. The third-order valence-corrected chi connectivity index (χ3v) is 3.60. The number of ether oxygens (including phenoxy) is 1. The van der Waals surface area contributed by atoms with Gasteiger partial charge >= 0.3 is 5.97 Å². The zero-order chi connectivity index (χ0) is 16.0. The highest BCUT2D eigenvalue weighted by Crippen LogP contribution is 2.14. The zero-order valence-electron chi connectivity index (χ0n) is 13.4. The van der Waals surface area contributed by atoms with Crippen LogP contribution in [-0.2, 0) is 11.2 Å². The van der Waals surface area contributed by atoms with E-state index in [1.807, 2.05) is 30.3 Å². The molecule has 0 atom stereocenters. The molecule has 1 aromatic rings. The Morgan fingerprint density at radius 2 is 1.59 bits per heavy atom. The van der Waals surface area contributed by atoms with Crippen molar-refractivity contribution in [2.75, 3.05) is 6.61 Å². The van der Waals surface area contributed by atoms with Crippen LogP contribution in [-0.4, -0.2) is 17.7 Å². The topological polar surface area (TPSA) is 46.5 Å². The molecule has 1 N–H and O–H groups in total. The van der Waals surface area contributed by atoms with E-state index >= 15 is 0 Å². The van der Waals surface area contributed by atoms with Crippen molar-refractivity contribution in [2.24, 2.45) is 0 Å². The second kappa shape index (κ2) is 11.8. The van der Waals surface area contributed by atoms with Gasteiger partial charge in [-0.2, -0.15) is 0 Å². The molecule has 0 unspecified atom stereocenters. The van der Waals surface area contributed by atoms with Gasteiger partial charge < -0.3 is 9.84 Å². The molecule has 0 radical (unpaired) electrons. The first-order valence-electron chi connectivity index (χ1n) is 8.27. The maximum Gasteiger partial charge on any atom is 0.307 e. The molecule has 0 aromatic heterocycles. The Bertz CT molecular complexity index is 423. The highest BCUT2D eigenvalue weighted by molar-refractivity contribution is 5.70. The zero-order valence-corrected chi connectivity index (χ0v) is 13.4. The summed E-state index contributed by atoms with van der Waals surface area (Å²) in [7, 11) is 0. The predicted molar refractivity (Wildman–Crippen MR) is 90.4 cm³/mol. The summed E-state index contributed by atoms with van der Waals surface area (Å²) in [6, 6.07) is 7.31. The SMILES string of the molecule is C=CCCCCCCCCCOc1ccc(CC(=O)O)cc1. The number of hydrogen-bond donors (Lipinski definition) is 1. The van der Waals surface area contributed by atoms with Crippen molar-refractivity contribution in [2.45, 2.75) is 57.8 Å². The molecular weight excluding hydrogens is 276 g/mol. The number of rotatable bonds is 13. The Hall–Kier alpha value is -1.77. The minimum atomic E-state index is -0.807. The maximum atomic E-state index is 10.6. The van der Waals surface area contributed by atoms with Gasteiger partial charge in [0.1, 0.15) is 5.75 Å². The van der Waals surface area contributed by atoms with Gasteiger partial charge in [0, 0.05) is 0 Å². The van der Waals surface area contributed by atoms with E-state index in [0.717, 1.165) is 30.8 Å². The molecule has 0 saturated heterocycles. The molecule has 0 fully saturated rings. The molecule has 3 nitrogen and oxygen atoms in total. The largest absolute Gasteiger partial charge is 0.494 e. The van der Waals surface area contributed by atoms with Crippen LogP contribution in [0.1, 0.15) is 56.9 Å². The number of aliphatic carboxylic acids is 1. The molecule has 0 aliphatic heterocycles. The highest BCUT2D eigenvalue weighted by atomic mass is 16.5. The summed E-state index contributed by atoms with van der Waals surface area (Å²) < 4.78 is 5.67. The standard InChI is InChI=1S/C19H28O3/c1-2-3-4-5-6-7-8-9-10-15-22-18-13-11-17(12-14-18)16-19(20)21/h2,11-14H,1,3-10,15-16H2,(H,20,21). The number of unbranched alkanes of at least 4 members (excludes halogenated alkanes) is 7. The molecule has 22 heavy (non-hydrogen) atoms. The minimum absolute atomic E-state index is 0.0626. The number of carboxylic acids is 1. The fraction of sp³-hybridized carbons (Fsp3) is 0.526. The van der Waals surface area contributed by atoms with Gasteiger partial charge in [-0.15, -0.1) is 6.58 Å². The maximum absolute atomic E-state index is 10.6.